The highest BCUT2D eigenvalue weighted by atomic mass is 16.3. The van der Waals surface area contributed by atoms with E-state index in [2.05, 4.69) is 56.8 Å². The van der Waals surface area contributed by atoms with Crippen LogP contribution >= 0.6 is 0 Å². The van der Waals surface area contributed by atoms with Crippen LogP contribution in [0.3, 0.4) is 0 Å². The zero-order chi connectivity index (χ0) is 24.9. The predicted molar refractivity (Wildman–Crippen MR) is 150 cm³/mol. The SMILES string of the molecule is C=Cc1c(/C(=C\C)c2ccccc2)oc2cc(/C(N)=C\CC)ccc12.CC.Cc1ccccc1. The van der Waals surface area contributed by atoms with Crippen LogP contribution in [0.15, 0.2) is 102 Å². The fraction of sp³-hybridized carbons (Fsp3) is 0.188. The highest BCUT2D eigenvalue weighted by Crippen LogP contribution is 2.35. The summed E-state index contributed by atoms with van der Waals surface area (Å²) in [5.74, 6) is 0.842. The lowest BCUT2D eigenvalue weighted by atomic mass is 9.98. The molecular weight excluding hydrogens is 414 g/mol. The summed E-state index contributed by atoms with van der Waals surface area (Å²) in [6, 6.07) is 26.6. The summed E-state index contributed by atoms with van der Waals surface area (Å²) in [6.45, 7) is 14.2. The van der Waals surface area contributed by atoms with E-state index in [0.29, 0.717) is 0 Å². The van der Waals surface area contributed by atoms with Crippen LogP contribution in [-0.4, -0.2) is 0 Å². The first-order chi connectivity index (χ1) is 16.6. The lowest BCUT2D eigenvalue weighted by molar-refractivity contribution is 0.599. The fourth-order valence-electron chi connectivity index (χ4n) is 3.62. The average molecular weight is 452 g/mol. The Balaban J connectivity index is 0.000000384. The Kier molecular flexibility index (Phi) is 10.7. The van der Waals surface area contributed by atoms with Crippen molar-refractivity contribution < 1.29 is 4.42 Å². The molecule has 2 heteroatoms. The number of benzene rings is 3. The van der Waals surface area contributed by atoms with E-state index in [4.69, 9.17) is 10.2 Å². The minimum absolute atomic E-state index is 0.775. The molecule has 0 saturated heterocycles. The van der Waals surface area contributed by atoms with Crippen LogP contribution in [-0.2, 0) is 0 Å². The van der Waals surface area contributed by atoms with E-state index in [1.54, 1.807) is 0 Å². The molecule has 0 unspecified atom stereocenters. The molecule has 176 valence electrons. The number of rotatable bonds is 5. The molecule has 4 rings (SSSR count). The average Bonchev–Trinajstić information content (AvgIpc) is 3.25. The van der Waals surface area contributed by atoms with Crippen LogP contribution in [0.2, 0.25) is 0 Å². The molecule has 3 aromatic carbocycles. The first-order valence-corrected chi connectivity index (χ1v) is 12.0. The Morgan fingerprint density at radius 3 is 2.03 bits per heavy atom. The normalized spacial score (nSPS) is 11.2. The lowest BCUT2D eigenvalue weighted by Crippen LogP contribution is -1.95. The summed E-state index contributed by atoms with van der Waals surface area (Å²) in [5, 5.41) is 1.05. The maximum Gasteiger partial charge on any atom is 0.142 e. The van der Waals surface area contributed by atoms with Crippen molar-refractivity contribution in [1.29, 1.82) is 0 Å². The van der Waals surface area contributed by atoms with Crippen LogP contribution < -0.4 is 5.73 Å². The van der Waals surface area contributed by atoms with Gasteiger partial charge in [0.15, 0.2) is 0 Å². The second-order valence-corrected chi connectivity index (χ2v) is 7.55. The zero-order valence-electron chi connectivity index (χ0n) is 21.1. The van der Waals surface area contributed by atoms with Crippen molar-refractivity contribution in [3.63, 3.8) is 0 Å². The lowest BCUT2D eigenvalue weighted by Gasteiger charge is -2.05. The maximum absolute atomic E-state index is 6.24. The van der Waals surface area contributed by atoms with Crippen LogP contribution in [0.1, 0.15) is 62.1 Å². The number of allylic oxidation sites excluding steroid dienone is 2. The molecule has 1 aromatic heterocycles. The summed E-state index contributed by atoms with van der Waals surface area (Å²) in [6.07, 6.45) is 6.85. The van der Waals surface area contributed by atoms with Gasteiger partial charge in [0.1, 0.15) is 11.3 Å². The second-order valence-electron chi connectivity index (χ2n) is 7.55. The number of fused-ring (bicyclic) bond motifs is 1. The molecule has 0 fully saturated rings. The van der Waals surface area contributed by atoms with E-state index in [-0.39, 0.29) is 0 Å². The number of furan rings is 1. The summed E-state index contributed by atoms with van der Waals surface area (Å²) in [4.78, 5) is 0. The minimum Gasteiger partial charge on any atom is -0.455 e. The minimum atomic E-state index is 0.775. The van der Waals surface area contributed by atoms with Crippen LogP contribution in [0, 0.1) is 6.92 Å². The van der Waals surface area contributed by atoms with E-state index < -0.39 is 0 Å². The third-order valence-electron chi connectivity index (χ3n) is 5.25. The molecule has 0 bridgehead atoms. The molecule has 0 amide bonds. The quantitative estimate of drug-likeness (QED) is 0.328. The predicted octanol–water partition coefficient (Wildman–Crippen LogP) is 9.26. The van der Waals surface area contributed by atoms with Gasteiger partial charge in [-0.1, -0.05) is 118 Å². The smallest absolute Gasteiger partial charge is 0.142 e. The van der Waals surface area contributed by atoms with Crippen molar-refractivity contribution in [1.82, 2.24) is 0 Å². The van der Waals surface area contributed by atoms with E-state index in [1.165, 1.54) is 5.56 Å². The monoisotopic (exact) mass is 451 g/mol. The van der Waals surface area contributed by atoms with Crippen LogP contribution in [0.4, 0.5) is 0 Å². The van der Waals surface area contributed by atoms with Crippen molar-refractivity contribution in [2.75, 3.05) is 0 Å². The molecule has 0 radical (unpaired) electrons. The van der Waals surface area contributed by atoms with E-state index in [0.717, 1.165) is 51.1 Å². The van der Waals surface area contributed by atoms with Gasteiger partial charge < -0.3 is 10.2 Å². The van der Waals surface area contributed by atoms with Gasteiger partial charge in [0, 0.05) is 27.8 Å². The Morgan fingerprint density at radius 1 is 0.912 bits per heavy atom. The molecule has 1 heterocycles. The second kappa shape index (κ2) is 13.7. The number of hydrogen-bond donors (Lipinski definition) is 1. The van der Waals surface area contributed by atoms with Gasteiger partial charge in [-0.3, -0.25) is 0 Å². The molecule has 34 heavy (non-hydrogen) atoms. The number of aryl methyl sites for hydroxylation is 1. The third kappa shape index (κ3) is 6.62. The van der Waals surface area contributed by atoms with E-state index in [9.17, 15) is 0 Å². The summed E-state index contributed by atoms with van der Waals surface area (Å²) >= 11 is 0. The van der Waals surface area contributed by atoms with Gasteiger partial charge in [0.05, 0.1) is 0 Å². The van der Waals surface area contributed by atoms with E-state index in [1.807, 2.05) is 81.5 Å². The molecule has 0 spiro atoms. The largest absolute Gasteiger partial charge is 0.455 e. The van der Waals surface area contributed by atoms with Gasteiger partial charge in [0.2, 0.25) is 0 Å². The van der Waals surface area contributed by atoms with Gasteiger partial charge in [-0.2, -0.15) is 0 Å². The first-order valence-electron chi connectivity index (χ1n) is 12.0. The van der Waals surface area contributed by atoms with Crippen LogP contribution in [0.25, 0.3) is 28.3 Å². The highest BCUT2D eigenvalue weighted by Gasteiger charge is 2.17. The molecule has 2 nitrogen and oxygen atoms in total. The molecule has 0 atom stereocenters. The number of hydrogen-bond acceptors (Lipinski definition) is 2. The maximum atomic E-state index is 6.24. The van der Waals surface area contributed by atoms with Crippen molar-refractivity contribution in [3.05, 3.63) is 126 Å². The summed E-state index contributed by atoms with van der Waals surface area (Å²) < 4.78 is 6.24. The summed E-state index contributed by atoms with van der Waals surface area (Å²) in [7, 11) is 0. The van der Waals surface area contributed by atoms with Gasteiger partial charge >= 0.3 is 0 Å². The third-order valence-corrected chi connectivity index (χ3v) is 5.25. The first kappa shape index (κ1) is 26.5. The van der Waals surface area contributed by atoms with Gasteiger partial charge in [-0.15, -0.1) is 0 Å². The standard InChI is InChI=1S/C23H23NO.C7H8.C2H6/c1-4-10-21(24)17-13-14-20-19(6-3)23(25-22(20)15-17)18(5-2)16-11-8-7-9-12-16;1-7-5-3-2-4-6-7;1-2/h5-15H,3-4,24H2,1-2H3;2-6H,1H3;1-2H3/b18-5-,21-10+;;. The van der Waals surface area contributed by atoms with Crippen LogP contribution in [0.5, 0.6) is 0 Å². The molecule has 0 saturated carbocycles. The Bertz CT molecular complexity index is 1230. The van der Waals surface area contributed by atoms with Gasteiger partial charge in [-0.25, -0.2) is 0 Å². The van der Waals surface area contributed by atoms with Crippen molar-refractivity contribution in [2.24, 2.45) is 5.73 Å². The Hall–Kier alpha value is -3.78. The molecule has 0 aliphatic rings. The fourth-order valence-corrected chi connectivity index (χ4v) is 3.62. The number of nitrogens with two attached hydrogens (primary N) is 1. The zero-order valence-corrected chi connectivity index (χ0v) is 21.1. The van der Waals surface area contributed by atoms with E-state index >= 15 is 0 Å². The molecule has 2 N–H and O–H groups in total. The molecule has 0 aliphatic heterocycles. The Labute approximate surface area is 205 Å². The molecule has 0 aliphatic carbocycles. The van der Waals surface area contributed by atoms with Crippen molar-refractivity contribution >= 4 is 28.3 Å². The molecular formula is C32H37NO. The molecule has 4 aromatic rings. The Morgan fingerprint density at radius 2 is 1.53 bits per heavy atom. The van der Waals surface area contributed by atoms with Crippen molar-refractivity contribution in [3.8, 4) is 0 Å². The highest BCUT2D eigenvalue weighted by molar-refractivity contribution is 5.96. The topological polar surface area (TPSA) is 39.2 Å². The summed E-state index contributed by atoms with van der Waals surface area (Å²) in [5.41, 5.74) is 13.2. The van der Waals surface area contributed by atoms with Crippen molar-refractivity contribution in [2.45, 2.75) is 41.0 Å². The van der Waals surface area contributed by atoms with Gasteiger partial charge in [-0.05, 0) is 38.0 Å². The van der Waals surface area contributed by atoms with Gasteiger partial charge in [0.25, 0.3) is 0 Å².